The predicted octanol–water partition coefficient (Wildman–Crippen LogP) is 3.22. The summed E-state index contributed by atoms with van der Waals surface area (Å²) in [4.78, 5) is 16.7. The van der Waals surface area contributed by atoms with Crippen LogP contribution < -0.4 is 0 Å². The molecule has 1 amide bonds. The summed E-state index contributed by atoms with van der Waals surface area (Å²) in [5, 5.41) is 4.16. The number of thiophene rings is 1. The van der Waals surface area contributed by atoms with Gasteiger partial charge in [0.15, 0.2) is 0 Å². The van der Waals surface area contributed by atoms with E-state index >= 15 is 0 Å². The van der Waals surface area contributed by atoms with Crippen LogP contribution >= 0.6 is 11.3 Å². The number of hydrogen-bond donors (Lipinski definition) is 0. The Morgan fingerprint density at radius 2 is 1.96 bits per heavy atom. The molecule has 2 heterocycles. The quantitative estimate of drug-likeness (QED) is 0.729. The van der Waals surface area contributed by atoms with Gasteiger partial charge in [-0.15, -0.1) is 0 Å². The second kappa shape index (κ2) is 9.44. The molecule has 2 aromatic rings. The first-order chi connectivity index (χ1) is 12.7. The van der Waals surface area contributed by atoms with Crippen molar-refractivity contribution in [2.24, 2.45) is 0 Å². The monoisotopic (exact) mass is 390 g/mol. The van der Waals surface area contributed by atoms with E-state index in [2.05, 4.69) is 40.8 Å². The molecule has 1 atom stereocenters. The summed E-state index contributed by atoms with van der Waals surface area (Å²) in [5.41, 5.74) is 3.34. The molecule has 1 saturated heterocycles. The zero-order valence-corrected chi connectivity index (χ0v) is 16.9. The van der Waals surface area contributed by atoms with Gasteiger partial charge in [0.05, 0.1) is 0 Å². The van der Waals surface area contributed by atoms with Crippen LogP contribution in [0.3, 0.4) is 0 Å². The fourth-order valence-electron chi connectivity index (χ4n) is 3.27. The molecule has 0 saturated carbocycles. The zero-order valence-electron chi connectivity index (χ0n) is 15.2. The Hall–Kier alpha value is -1.50. The summed E-state index contributed by atoms with van der Waals surface area (Å²) < 4.78 is 12.5. The van der Waals surface area contributed by atoms with Gasteiger partial charge in [-0.1, -0.05) is 31.2 Å². The Kier molecular flexibility index (Phi) is 7.00. The van der Waals surface area contributed by atoms with Crippen molar-refractivity contribution in [1.82, 2.24) is 9.80 Å². The molecule has 1 unspecified atom stereocenters. The lowest BCUT2D eigenvalue weighted by Crippen LogP contribution is -2.49. The van der Waals surface area contributed by atoms with E-state index in [-0.39, 0.29) is 11.7 Å². The highest BCUT2D eigenvalue weighted by molar-refractivity contribution is 7.84. The lowest BCUT2D eigenvalue weighted by molar-refractivity contribution is -0.130. The molecule has 3 rings (SSSR count). The second-order valence-corrected chi connectivity index (χ2v) is 8.90. The van der Waals surface area contributed by atoms with Gasteiger partial charge in [-0.05, 0) is 46.5 Å². The third-order valence-electron chi connectivity index (χ3n) is 4.66. The number of hydrogen-bond acceptors (Lipinski definition) is 4. The van der Waals surface area contributed by atoms with E-state index in [0.717, 1.165) is 50.3 Å². The third kappa shape index (κ3) is 5.25. The van der Waals surface area contributed by atoms with Gasteiger partial charge < -0.3 is 4.90 Å². The van der Waals surface area contributed by atoms with Gasteiger partial charge in [0.25, 0.3) is 0 Å². The number of piperazine rings is 1. The fraction of sp³-hybridized carbons (Fsp3) is 0.450. The molecule has 26 heavy (non-hydrogen) atoms. The van der Waals surface area contributed by atoms with Crippen LogP contribution in [0.1, 0.15) is 18.9 Å². The van der Waals surface area contributed by atoms with Crippen LogP contribution in [0.4, 0.5) is 0 Å². The number of amides is 1. The van der Waals surface area contributed by atoms with Crippen LogP contribution in [0, 0.1) is 0 Å². The molecule has 1 aromatic heterocycles. The highest BCUT2D eigenvalue weighted by atomic mass is 32.2. The zero-order chi connectivity index (χ0) is 18.4. The first-order valence-electron chi connectivity index (χ1n) is 9.12. The number of nitrogens with zero attached hydrogens (tertiary/aromatic N) is 2. The van der Waals surface area contributed by atoms with E-state index < -0.39 is 10.8 Å². The van der Waals surface area contributed by atoms with Gasteiger partial charge in [0.1, 0.15) is 5.75 Å². The molecule has 1 aliphatic heterocycles. The maximum atomic E-state index is 12.5. The number of carbonyl (C=O) groups is 1. The number of benzene rings is 1. The molecular formula is C20H26N2O2S2. The summed E-state index contributed by atoms with van der Waals surface area (Å²) in [7, 11) is -1.17. The summed E-state index contributed by atoms with van der Waals surface area (Å²) in [6, 6.07) is 10.2. The van der Waals surface area contributed by atoms with Crippen molar-refractivity contribution in [3.63, 3.8) is 0 Å². The standard InChI is InChI=1S/C20H26N2O2S2/c1-2-7-21-8-10-22(11-9-21)20(23)16-26(24)15-17-4-3-5-18(13-17)19-6-12-25-14-19/h3-6,12-14H,2,7-11,15-16H2,1H3. The average Bonchev–Trinajstić information content (AvgIpc) is 3.17. The predicted molar refractivity (Wildman–Crippen MR) is 110 cm³/mol. The maximum Gasteiger partial charge on any atom is 0.235 e. The Balaban J connectivity index is 1.51. The second-order valence-electron chi connectivity index (χ2n) is 6.66. The van der Waals surface area contributed by atoms with Crippen LogP contribution in [0.25, 0.3) is 11.1 Å². The molecule has 6 heteroatoms. The van der Waals surface area contributed by atoms with Gasteiger partial charge in [-0.25, -0.2) is 0 Å². The molecule has 140 valence electrons. The van der Waals surface area contributed by atoms with Crippen LogP contribution in [0.5, 0.6) is 0 Å². The lowest BCUT2D eigenvalue weighted by atomic mass is 10.1. The van der Waals surface area contributed by atoms with Crippen molar-refractivity contribution in [3.8, 4) is 11.1 Å². The van der Waals surface area contributed by atoms with Crippen LogP contribution in [-0.2, 0) is 21.3 Å². The minimum Gasteiger partial charge on any atom is -0.339 e. The van der Waals surface area contributed by atoms with Crippen molar-refractivity contribution in [1.29, 1.82) is 0 Å². The van der Waals surface area contributed by atoms with Crippen molar-refractivity contribution in [2.45, 2.75) is 19.1 Å². The SMILES string of the molecule is CCCN1CCN(C(=O)CS(=O)Cc2cccc(-c3ccsc3)c2)CC1. The van der Waals surface area contributed by atoms with Crippen molar-refractivity contribution < 1.29 is 9.00 Å². The van der Waals surface area contributed by atoms with Crippen LogP contribution in [0.2, 0.25) is 0 Å². The molecule has 0 aliphatic carbocycles. The van der Waals surface area contributed by atoms with E-state index in [4.69, 9.17) is 0 Å². The summed E-state index contributed by atoms with van der Waals surface area (Å²) >= 11 is 1.67. The minimum absolute atomic E-state index is 0.0217. The molecule has 0 N–H and O–H groups in total. The number of rotatable bonds is 7. The molecule has 1 aliphatic rings. The normalized spacial score (nSPS) is 16.6. The third-order valence-corrected chi connectivity index (χ3v) is 6.57. The van der Waals surface area contributed by atoms with E-state index in [1.807, 2.05) is 17.0 Å². The fourth-order valence-corrected chi connectivity index (χ4v) is 5.05. The van der Waals surface area contributed by atoms with Crippen molar-refractivity contribution >= 4 is 28.0 Å². The molecule has 1 fully saturated rings. The Labute approximate surface area is 162 Å². The average molecular weight is 391 g/mol. The molecule has 4 nitrogen and oxygen atoms in total. The Morgan fingerprint density at radius 1 is 1.15 bits per heavy atom. The van der Waals surface area contributed by atoms with Crippen LogP contribution in [-0.4, -0.2) is 58.4 Å². The number of carbonyl (C=O) groups excluding carboxylic acids is 1. The molecule has 0 radical (unpaired) electrons. The van der Waals surface area contributed by atoms with Gasteiger partial charge in [0, 0.05) is 42.7 Å². The largest absolute Gasteiger partial charge is 0.339 e. The Bertz CT molecular complexity index is 738. The molecular weight excluding hydrogens is 364 g/mol. The van der Waals surface area contributed by atoms with Gasteiger partial charge in [0.2, 0.25) is 5.91 Å². The highest BCUT2D eigenvalue weighted by Gasteiger charge is 2.22. The lowest BCUT2D eigenvalue weighted by Gasteiger charge is -2.34. The van der Waals surface area contributed by atoms with E-state index in [1.165, 1.54) is 5.56 Å². The highest BCUT2D eigenvalue weighted by Crippen LogP contribution is 2.23. The van der Waals surface area contributed by atoms with Crippen molar-refractivity contribution in [2.75, 3.05) is 38.5 Å². The summed E-state index contributed by atoms with van der Waals surface area (Å²) in [5.74, 6) is 0.573. The maximum absolute atomic E-state index is 12.5. The van der Waals surface area contributed by atoms with E-state index in [9.17, 15) is 9.00 Å². The summed E-state index contributed by atoms with van der Waals surface area (Å²) in [6.07, 6.45) is 1.14. The van der Waals surface area contributed by atoms with Crippen LogP contribution in [0.15, 0.2) is 41.1 Å². The first kappa shape index (κ1) is 19.3. The Morgan fingerprint density at radius 3 is 2.65 bits per heavy atom. The smallest absolute Gasteiger partial charge is 0.235 e. The van der Waals surface area contributed by atoms with Gasteiger partial charge in [-0.2, -0.15) is 11.3 Å². The first-order valence-corrected chi connectivity index (χ1v) is 11.6. The van der Waals surface area contributed by atoms with Gasteiger partial charge >= 0.3 is 0 Å². The molecule has 0 spiro atoms. The van der Waals surface area contributed by atoms with E-state index in [0.29, 0.717) is 5.75 Å². The molecule has 1 aromatic carbocycles. The minimum atomic E-state index is -1.17. The van der Waals surface area contributed by atoms with Crippen molar-refractivity contribution in [3.05, 3.63) is 46.7 Å². The van der Waals surface area contributed by atoms with E-state index in [1.54, 1.807) is 11.3 Å². The molecule has 0 bridgehead atoms. The topological polar surface area (TPSA) is 40.6 Å². The summed E-state index contributed by atoms with van der Waals surface area (Å²) in [6.45, 7) is 6.62. The van der Waals surface area contributed by atoms with Gasteiger partial charge in [-0.3, -0.25) is 13.9 Å².